The molecule has 2 atom stereocenters. The van der Waals surface area contributed by atoms with Crippen LogP contribution in [0.1, 0.15) is 36.8 Å². The zero-order chi connectivity index (χ0) is 22.9. The minimum atomic E-state index is -3.92. The molecule has 1 fully saturated rings. The number of benzene rings is 2. The van der Waals surface area contributed by atoms with Crippen LogP contribution in [0.25, 0.3) is 0 Å². The lowest BCUT2D eigenvalue weighted by molar-refractivity contribution is -0.124. The first-order valence-electron chi connectivity index (χ1n) is 10.7. The summed E-state index contributed by atoms with van der Waals surface area (Å²) < 4.78 is 33.6. The van der Waals surface area contributed by atoms with Gasteiger partial charge >= 0.3 is 0 Å². The summed E-state index contributed by atoms with van der Waals surface area (Å²) in [4.78, 5) is 24.6. The Morgan fingerprint density at radius 3 is 2.78 bits per heavy atom. The van der Waals surface area contributed by atoms with Crippen molar-refractivity contribution in [1.82, 2.24) is 9.62 Å². The molecule has 9 heteroatoms. The third-order valence-electron chi connectivity index (χ3n) is 5.95. The molecule has 4 rings (SSSR count). The van der Waals surface area contributed by atoms with Gasteiger partial charge in [-0.3, -0.25) is 9.59 Å². The van der Waals surface area contributed by atoms with Gasteiger partial charge in [-0.1, -0.05) is 37.3 Å². The molecule has 0 bridgehead atoms. The standard InChI is InChI=1S/C23H27N3O5S/c1-15-11-18-20(31-14-22(27)25-18)12-21(15)32(29,30)26-10-6-9-19(26)23(28)24-13-16(2)17-7-4-3-5-8-17/h3-5,7-8,11-12,16,19H,6,9-10,13-14H2,1-2H3,(H,24,28)(H,25,27). The Balaban J connectivity index is 1.51. The van der Waals surface area contributed by atoms with Gasteiger partial charge in [0.15, 0.2) is 6.61 Å². The van der Waals surface area contributed by atoms with Gasteiger partial charge in [-0.2, -0.15) is 4.31 Å². The van der Waals surface area contributed by atoms with E-state index in [1.807, 2.05) is 37.3 Å². The molecule has 2 aliphatic rings. The highest BCUT2D eigenvalue weighted by Crippen LogP contribution is 2.36. The molecular formula is C23H27N3O5S. The Bertz CT molecular complexity index is 1130. The number of fused-ring (bicyclic) bond motifs is 1. The van der Waals surface area contributed by atoms with Crippen molar-refractivity contribution >= 4 is 27.5 Å². The molecule has 0 radical (unpaired) electrons. The van der Waals surface area contributed by atoms with Crippen LogP contribution >= 0.6 is 0 Å². The molecule has 32 heavy (non-hydrogen) atoms. The minimum Gasteiger partial charge on any atom is -0.482 e. The van der Waals surface area contributed by atoms with Crippen molar-refractivity contribution in [2.24, 2.45) is 0 Å². The van der Waals surface area contributed by atoms with E-state index in [4.69, 9.17) is 4.74 Å². The number of amides is 2. The lowest BCUT2D eigenvalue weighted by atomic mass is 10.0. The van der Waals surface area contributed by atoms with Crippen molar-refractivity contribution < 1.29 is 22.7 Å². The third-order valence-corrected chi connectivity index (χ3v) is 8.00. The summed E-state index contributed by atoms with van der Waals surface area (Å²) in [6, 6.07) is 12.1. The number of carbonyl (C=O) groups excluding carboxylic acids is 2. The number of hydrogen-bond donors (Lipinski definition) is 2. The first kappa shape index (κ1) is 22.3. The van der Waals surface area contributed by atoms with E-state index in [9.17, 15) is 18.0 Å². The molecule has 0 spiro atoms. The van der Waals surface area contributed by atoms with Crippen molar-refractivity contribution in [3.8, 4) is 5.75 Å². The largest absolute Gasteiger partial charge is 0.482 e. The lowest BCUT2D eigenvalue weighted by Crippen LogP contribution is -2.46. The fraction of sp³-hybridized carbons (Fsp3) is 0.391. The first-order valence-corrected chi connectivity index (χ1v) is 12.1. The molecule has 0 aliphatic carbocycles. The van der Waals surface area contributed by atoms with E-state index in [0.717, 1.165) is 5.56 Å². The summed E-state index contributed by atoms with van der Waals surface area (Å²) in [6.07, 6.45) is 1.09. The van der Waals surface area contributed by atoms with Gasteiger partial charge in [-0.25, -0.2) is 8.42 Å². The molecule has 2 N–H and O–H groups in total. The average Bonchev–Trinajstić information content (AvgIpc) is 3.28. The van der Waals surface area contributed by atoms with E-state index in [0.29, 0.717) is 36.4 Å². The van der Waals surface area contributed by atoms with Crippen LogP contribution in [0.4, 0.5) is 5.69 Å². The van der Waals surface area contributed by atoms with Crippen LogP contribution in [0.2, 0.25) is 0 Å². The zero-order valence-electron chi connectivity index (χ0n) is 18.1. The molecule has 2 aromatic rings. The number of hydrogen-bond acceptors (Lipinski definition) is 5. The topological polar surface area (TPSA) is 105 Å². The van der Waals surface area contributed by atoms with Gasteiger partial charge in [0.25, 0.3) is 5.91 Å². The number of aryl methyl sites for hydroxylation is 1. The number of nitrogens with zero attached hydrogens (tertiary/aromatic N) is 1. The summed E-state index contributed by atoms with van der Waals surface area (Å²) in [7, 11) is -3.92. The van der Waals surface area contributed by atoms with Crippen molar-refractivity contribution in [1.29, 1.82) is 0 Å². The second kappa shape index (κ2) is 8.91. The number of sulfonamides is 1. The Morgan fingerprint density at radius 2 is 2.03 bits per heavy atom. The Hall–Kier alpha value is -2.91. The van der Waals surface area contributed by atoms with Crippen molar-refractivity contribution in [3.63, 3.8) is 0 Å². The summed E-state index contributed by atoms with van der Waals surface area (Å²) >= 11 is 0. The molecule has 8 nitrogen and oxygen atoms in total. The molecule has 0 aromatic heterocycles. The Labute approximate surface area is 188 Å². The second-order valence-electron chi connectivity index (χ2n) is 8.28. The molecule has 2 unspecified atom stereocenters. The molecule has 170 valence electrons. The zero-order valence-corrected chi connectivity index (χ0v) is 18.9. The van der Waals surface area contributed by atoms with Crippen LogP contribution in [0.5, 0.6) is 5.75 Å². The summed E-state index contributed by atoms with van der Waals surface area (Å²) in [5, 5.41) is 5.61. The maximum absolute atomic E-state index is 13.5. The number of rotatable bonds is 6. The highest BCUT2D eigenvalue weighted by molar-refractivity contribution is 7.89. The quantitative estimate of drug-likeness (QED) is 0.693. The number of carbonyl (C=O) groups is 2. The number of nitrogens with one attached hydrogen (secondary N) is 2. The first-order chi connectivity index (χ1) is 15.3. The molecular weight excluding hydrogens is 430 g/mol. The normalized spacial score (nSPS) is 19.6. The smallest absolute Gasteiger partial charge is 0.262 e. The monoisotopic (exact) mass is 457 g/mol. The van der Waals surface area contributed by atoms with E-state index in [1.165, 1.54) is 10.4 Å². The maximum atomic E-state index is 13.5. The van der Waals surface area contributed by atoms with Gasteiger partial charge in [0.1, 0.15) is 11.8 Å². The minimum absolute atomic E-state index is 0.0877. The van der Waals surface area contributed by atoms with Crippen LogP contribution in [0.3, 0.4) is 0 Å². The Morgan fingerprint density at radius 1 is 1.28 bits per heavy atom. The predicted octanol–water partition coefficient (Wildman–Crippen LogP) is 2.40. The molecule has 0 saturated carbocycles. The summed E-state index contributed by atoms with van der Waals surface area (Å²) in [5.74, 6) is -0.144. The molecule has 1 saturated heterocycles. The second-order valence-corrected chi connectivity index (χ2v) is 10.1. The fourth-order valence-electron chi connectivity index (χ4n) is 4.18. The van der Waals surface area contributed by atoms with Crippen LogP contribution in [0.15, 0.2) is 47.4 Å². The van der Waals surface area contributed by atoms with E-state index >= 15 is 0 Å². The van der Waals surface area contributed by atoms with Crippen LogP contribution < -0.4 is 15.4 Å². The van der Waals surface area contributed by atoms with Gasteiger partial charge in [-0.15, -0.1) is 0 Å². The van der Waals surface area contributed by atoms with Crippen LogP contribution in [0, 0.1) is 6.92 Å². The third kappa shape index (κ3) is 4.35. The maximum Gasteiger partial charge on any atom is 0.262 e. The van der Waals surface area contributed by atoms with Crippen LogP contribution in [-0.2, 0) is 19.6 Å². The fourth-order valence-corrected chi connectivity index (χ4v) is 6.06. The average molecular weight is 458 g/mol. The van der Waals surface area contributed by atoms with Gasteiger partial charge in [-0.05, 0) is 42.9 Å². The predicted molar refractivity (Wildman–Crippen MR) is 120 cm³/mol. The van der Waals surface area contributed by atoms with E-state index in [2.05, 4.69) is 10.6 Å². The highest BCUT2D eigenvalue weighted by atomic mass is 32.2. The van der Waals surface area contributed by atoms with Crippen molar-refractivity contribution in [2.75, 3.05) is 25.0 Å². The van der Waals surface area contributed by atoms with E-state index in [-0.39, 0.29) is 35.8 Å². The van der Waals surface area contributed by atoms with Gasteiger partial charge in [0, 0.05) is 19.2 Å². The summed E-state index contributed by atoms with van der Waals surface area (Å²) in [6.45, 7) is 4.24. The van der Waals surface area contributed by atoms with Gasteiger partial charge < -0.3 is 15.4 Å². The van der Waals surface area contributed by atoms with Crippen molar-refractivity contribution in [2.45, 2.75) is 43.5 Å². The van der Waals surface area contributed by atoms with Gasteiger partial charge in [0.05, 0.1) is 10.6 Å². The highest BCUT2D eigenvalue weighted by Gasteiger charge is 2.40. The Kier molecular flexibility index (Phi) is 6.21. The molecule has 2 aromatic carbocycles. The lowest BCUT2D eigenvalue weighted by Gasteiger charge is -2.26. The molecule has 2 amide bonds. The SMILES string of the molecule is Cc1cc2c(cc1S(=O)(=O)N1CCCC1C(=O)NCC(C)c1ccccc1)OCC(=O)N2. The molecule has 2 aliphatic heterocycles. The van der Waals surface area contributed by atoms with E-state index in [1.54, 1.807) is 13.0 Å². The number of anilines is 1. The van der Waals surface area contributed by atoms with Crippen molar-refractivity contribution in [3.05, 3.63) is 53.6 Å². The van der Waals surface area contributed by atoms with Crippen LogP contribution in [-0.4, -0.2) is 50.3 Å². The van der Waals surface area contributed by atoms with E-state index < -0.39 is 16.1 Å². The van der Waals surface area contributed by atoms with Gasteiger partial charge in [0.2, 0.25) is 15.9 Å². The molecule has 2 heterocycles. The summed E-state index contributed by atoms with van der Waals surface area (Å²) in [5.41, 5.74) is 2.04. The number of ether oxygens (including phenoxy) is 1.